The van der Waals surface area contributed by atoms with E-state index in [1.54, 1.807) is 20.8 Å². The van der Waals surface area contributed by atoms with Gasteiger partial charge in [-0.1, -0.05) is 6.07 Å². The third-order valence-corrected chi connectivity index (χ3v) is 5.27. The molecule has 2 rings (SSSR count). The summed E-state index contributed by atoms with van der Waals surface area (Å²) in [5.41, 5.74) is 3.12. The largest absolute Gasteiger partial charge is 0.312 e. The average molecular weight is 268 g/mol. The minimum atomic E-state index is -3.35. The Morgan fingerprint density at radius 3 is 2.61 bits per heavy atom. The fourth-order valence-corrected chi connectivity index (χ4v) is 2.60. The van der Waals surface area contributed by atoms with Crippen molar-refractivity contribution in [3.8, 4) is 0 Å². The molecule has 0 fully saturated rings. The lowest BCUT2D eigenvalue weighted by Crippen LogP contribution is -2.33. The van der Waals surface area contributed by atoms with Gasteiger partial charge >= 0.3 is 0 Å². The highest BCUT2D eigenvalue weighted by Crippen LogP contribution is 2.23. The van der Waals surface area contributed by atoms with E-state index in [1.807, 2.05) is 18.2 Å². The van der Waals surface area contributed by atoms with E-state index < -0.39 is 14.8 Å². The first kappa shape index (κ1) is 13.4. The maximum absolute atomic E-state index is 12.1. The molecular formula is C13H20N2O2S. The number of rotatable bonds is 2. The van der Waals surface area contributed by atoms with E-state index >= 15 is 0 Å². The molecular weight excluding hydrogens is 248 g/mol. The molecule has 100 valence electrons. The minimum Gasteiger partial charge on any atom is -0.312 e. The normalized spacial score (nSPS) is 16.2. The Hall–Kier alpha value is -1.07. The molecule has 1 heterocycles. The SMILES string of the molecule is CC(C)(C)S(=O)(=O)Nc1ccc2c(c1)CNCC2. The van der Waals surface area contributed by atoms with Crippen LogP contribution in [-0.4, -0.2) is 19.7 Å². The van der Waals surface area contributed by atoms with Gasteiger partial charge in [-0.05, 0) is 57.0 Å². The Balaban J connectivity index is 2.26. The van der Waals surface area contributed by atoms with Crippen molar-refractivity contribution in [2.24, 2.45) is 0 Å². The van der Waals surface area contributed by atoms with Crippen LogP contribution in [-0.2, 0) is 23.0 Å². The van der Waals surface area contributed by atoms with Gasteiger partial charge in [-0.2, -0.15) is 0 Å². The van der Waals surface area contributed by atoms with Crippen molar-refractivity contribution >= 4 is 15.7 Å². The highest BCUT2D eigenvalue weighted by Gasteiger charge is 2.29. The first-order valence-corrected chi connectivity index (χ1v) is 7.63. The van der Waals surface area contributed by atoms with Gasteiger partial charge in [-0.25, -0.2) is 8.42 Å². The minimum absolute atomic E-state index is 0.646. The Kier molecular flexibility index (Phi) is 3.38. The van der Waals surface area contributed by atoms with Gasteiger partial charge in [0.1, 0.15) is 0 Å². The molecule has 0 atom stereocenters. The Labute approximate surface area is 109 Å². The smallest absolute Gasteiger partial charge is 0.237 e. The summed E-state index contributed by atoms with van der Waals surface area (Å²) in [4.78, 5) is 0. The highest BCUT2D eigenvalue weighted by atomic mass is 32.2. The predicted octanol–water partition coefficient (Wildman–Crippen LogP) is 1.87. The van der Waals surface area contributed by atoms with Gasteiger partial charge in [-0.15, -0.1) is 0 Å². The second-order valence-corrected chi connectivity index (χ2v) is 8.06. The van der Waals surface area contributed by atoms with Crippen LogP contribution in [0.2, 0.25) is 0 Å². The lowest BCUT2D eigenvalue weighted by atomic mass is 10.0. The number of hydrogen-bond donors (Lipinski definition) is 2. The van der Waals surface area contributed by atoms with Crippen LogP contribution >= 0.6 is 0 Å². The van der Waals surface area contributed by atoms with Gasteiger partial charge in [0.15, 0.2) is 0 Å². The molecule has 0 aliphatic carbocycles. The molecule has 5 heteroatoms. The van der Waals surface area contributed by atoms with Gasteiger partial charge in [0.25, 0.3) is 0 Å². The molecule has 0 radical (unpaired) electrons. The van der Waals surface area contributed by atoms with Crippen LogP contribution in [0.25, 0.3) is 0 Å². The summed E-state index contributed by atoms with van der Waals surface area (Å²) in [5.74, 6) is 0. The molecule has 0 unspecified atom stereocenters. The molecule has 0 spiro atoms. The average Bonchev–Trinajstić information content (AvgIpc) is 2.27. The van der Waals surface area contributed by atoms with Crippen LogP contribution in [0.3, 0.4) is 0 Å². The van der Waals surface area contributed by atoms with Crippen molar-refractivity contribution in [2.45, 2.75) is 38.5 Å². The molecule has 1 aromatic rings. The second kappa shape index (κ2) is 4.55. The molecule has 2 N–H and O–H groups in total. The highest BCUT2D eigenvalue weighted by molar-refractivity contribution is 7.94. The lowest BCUT2D eigenvalue weighted by molar-refractivity contribution is 0.566. The van der Waals surface area contributed by atoms with E-state index in [1.165, 1.54) is 11.1 Å². The fourth-order valence-electron chi connectivity index (χ4n) is 1.85. The van der Waals surface area contributed by atoms with E-state index in [9.17, 15) is 8.42 Å². The van der Waals surface area contributed by atoms with Gasteiger partial charge in [0.05, 0.1) is 4.75 Å². The van der Waals surface area contributed by atoms with E-state index in [2.05, 4.69) is 10.0 Å². The Morgan fingerprint density at radius 2 is 1.94 bits per heavy atom. The van der Waals surface area contributed by atoms with Crippen molar-refractivity contribution in [1.29, 1.82) is 0 Å². The van der Waals surface area contributed by atoms with Crippen molar-refractivity contribution in [2.75, 3.05) is 11.3 Å². The molecule has 1 aliphatic rings. The Bertz CT molecular complexity index is 545. The molecule has 1 aromatic carbocycles. The van der Waals surface area contributed by atoms with Crippen LogP contribution < -0.4 is 10.0 Å². The molecule has 0 saturated heterocycles. The van der Waals surface area contributed by atoms with Crippen molar-refractivity contribution in [1.82, 2.24) is 5.32 Å². The summed E-state index contributed by atoms with van der Waals surface area (Å²) in [5, 5.41) is 3.28. The van der Waals surface area contributed by atoms with Crippen LogP contribution in [0.4, 0.5) is 5.69 Å². The number of fused-ring (bicyclic) bond motifs is 1. The molecule has 18 heavy (non-hydrogen) atoms. The number of benzene rings is 1. The first-order chi connectivity index (χ1) is 8.29. The molecule has 0 aromatic heterocycles. The van der Waals surface area contributed by atoms with Gasteiger partial charge in [0.2, 0.25) is 10.0 Å². The summed E-state index contributed by atoms with van der Waals surface area (Å²) in [6, 6.07) is 5.77. The monoisotopic (exact) mass is 268 g/mol. The molecule has 4 nitrogen and oxygen atoms in total. The summed E-state index contributed by atoms with van der Waals surface area (Å²) < 4.78 is 26.0. The van der Waals surface area contributed by atoms with E-state index in [4.69, 9.17) is 0 Å². The lowest BCUT2D eigenvalue weighted by Gasteiger charge is -2.22. The summed E-state index contributed by atoms with van der Waals surface area (Å²) in [7, 11) is -3.35. The third-order valence-electron chi connectivity index (χ3n) is 3.15. The van der Waals surface area contributed by atoms with E-state index in [-0.39, 0.29) is 0 Å². The van der Waals surface area contributed by atoms with Crippen molar-refractivity contribution < 1.29 is 8.42 Å². The van der Waals surface area contributed by atoms with Crippen molar-refractivity contribution in [3.63, 3.8) is 0 Å². The molecule has 1 aliphatic heterocycles. The van der Waals surface area contributed by atoms with Crippen LogP contribution in [0.1, 0.15) is 31.9 Å². The van der Waals surface area contributed by atoms with Crippen molar-refractivity contribution in [3.05, 3.63) is 29.3 Å². The second-order valence-electron chi connectivity index (χ2n) is 5.63. The van der Waals surface area contributed by atoms with Crippen LogP contribution in [0.15, 0.2) is 18.2 Å². The maximum Gasteiger partial charge on any atom is 0.237 e. The third kappa shape index (κ3) is 2.67. The Morgan fingerprint density at radius 1 is 1.22 bits per heavy atom. The summed E-state index contributed by atoms with van der Waals surface area (Å²) in [6.45, 7) is 6.86. The molecule has 0 amide bonds. The quantitative estimate of drug-likeness (QED) is 0.861. The zero-order chi connectivity index (χ0) is 13.4. The first-order valence-electron chi connectivity index (χ1n) is 6.14. The standard InChI is InChI=1S/C13H20N2O2S/c1-13(2,3)18(16,17)15-12-5-4-10-6-7-14-9-11(10)8-12/h4-5,8,14-15H,6-7,9H2,1-3H3. The van der Waals surface area contributed by atoms with Gasteiger partial charge < -0.3 is 5.32 Å². The molecule has 0 bridgehead atoms. The number of anilines is 1. The zero-order valence-corrected chi connectivity index (χ0v) is 11.9. The zero-order valence-electron chi connectivity index (χ0n) is 11.1. The summed E-state index contributed by atoms with van der Waals surface area (Å²) in [6.07, 6.45) is 1.00. The van der Waals surface area contributed by atoms with E-state index in [0.29, 0.717) is 5.69 Å². The topological polar surface area (TPSA) is 58.2 Å². The molecule has 0 saturated carbocycles. The fraction of sp³-hybridized carbons (Fsp3) is 0.538. The number of nitrogens with one attached hydrogen (secondary N) is 2. The van der Waals surface area contributed by atoms with Crippen LogP contribution in [0, 0.1) is 0 Å². The number of sulfonamides is 1. The summed E-state index contributed by atoms with van der Waals surface area (Å²) >= 11 is 0. The van der Waals surface area contributed by atoms with Gasteiger partial charge in [-0.3, -0.25) is 4.72 Å². The van der Waals surface area contributed by atoms with Gasteiger partial charge in [0, 0.05) is 12.2 Å². The van der Waals surface area contributed by atoms with Crippen LogP contribution in [0.5, 0.6) is 0 Å². The van der Waals surface area contributed by atoms with E-state index in [0.717, 1.165) is 19.5 Å². The maximum atomic E-state index is 12.1. The number of hydrogen-bond acceptors (Lipinski definition) is 3. The predicted molar refractivity (Wildman–Crippen MR) is 74.1 cm³/mol.